The number of aryl methyl sites for hydroxylation is 2. The monoisotopic (exact) mass is 203 g/mol. The average Bonchev–Trinajstić information content (AvgIpc) is 2.64. The van der Waals surface area contributed by atoms with Crippen LogP contribution in [-0.4, -0.2) is 31.0 Å². The summed E-state index contributed by atoms with van der Waals surface area (Å²) in [5.74, 6) is -0.0719. The summed E-state index contributed by atoms with van der Waals surface area (Å²) in [6.45, 7) is 1.82. The van der Waals surface area contributed by atoms with Gasteiger partial charge in [-0.05, 0) is 29.0 Å². The molecule has 2 aromatic heterocycles. The first-order valence-electron chi connectivity index (χ1n) is 4.39. The van der Waals surface area contributed by atoms with Crippen LogP contribution in [0.15, 0.2) is 18.3 Å². The van der Waals surface area contributed by atoms with Crippen LogP contribution in [0.5, 0.6) is 0 Å². The smallest absolute Gasteiger partial charge is 0.250 e. The number of pyridine rings is 1. The highest BCUT2D eigenvalue weighted by Crippen LogP contribution is 2.07. The van der Waals surface area contributed by atoms with Crippen molar-refractivity contribution in [3.05, 3.63) is 35.4 Å². The first kappa shape index (κ1) is 9.45. The van der Waals surface area contributed by atoms with Gasteiger partial charge in [0.25, 0.3) is 0 Å². The van der Waals surface area contributed by atoms with Gasteiger partial charge in [0, 0.05) is 13.2 Å². The molecule has 0 N–H and O–H groups in total. The minimum absolute atomic E-state index is 0.191. The molecule has 0 amide bonds. The highest BCUT2D eigenvalue weighted by Gasteiger charge is 2.18. The van der Waals surface area contributed by atoms with Gasteiger partial charge in [-0.15, -0.1) is 5.10 Å². The first-order valence-corrected chi connectivity index (χ1v) is 4.39. The van der Waals surface area contributed by atoms with Crippen molar-refractivity contribution in [2.75, 3.05) is 0 Å². The van der Waals surface area contributed by atoms with E-state index < -0.39 is 0 Å². The third kappa shape index (κ3) is 1.61. The van der Waals surface area contributed by atoms with Crippen LogP contribution in [0.3, 0.4) is 0 Å². The molecular formula is C9H9N5O. The molecule has 0 atom stereocenters. The Hall–Kier alpha value is -2.11. The number of nitrogens with zero attached hydrogens (tertiary/aromatic N) is 5. The van der Waals surface area contributed by atoms with Crippen LogP contribution >= 0.6 is 0 Å². The summed E-state index contributed by atoms with van der Waals surface area (Å²) in [5, 5.41) is 10.7. The number of tetrazole rings is 1. The number of carbonyl (C=O) groups excluding carboxylic acids is 1. The van der Waals surface area contributed by atoms with E-state index in [1.54, 1.807) is 19.3 Å². The SMILES string of the molecule is Cc1cccnc1C(=O)c1nnnn1C. The summed E-state index contributed by atoms with van der Waals surface area (Å²) < 4.78 is 1.33. The van der Waals surface area contributed by atoms with E-state index in [1.165, 1.54) is 4.68 Å². The lowest BCUT2D eigenvalue weighted by Gasteiger charge is -2.00. The van der Waals surface area contributed by atoms with Gasteiger partial charge in [0.1, 0.15) is 5.69 Å². The van der Waals surface area contributed by atoms with Crippen LogP contribution in [0.1, 0.15) is 21.9 Å². The van der Waals surface area contributed by atoms with E-state index in [2.05, 4.69) is 20.5 Å². The molecule has 2 rings (SSSR count). The summed E-state index contributed by atoms with van der Waals surface area (Å²) in [6, 6.07) is 3.60. The van der Waals surface area contributed by atoms with Crippen molar-refractivity contribution in [3.8, 4) is 0 Å². The van der Waals surface area contributed by atoms with E-state index in [-0.39, 0.29) is 11.6 Å². The average molecular weight is 203 g/mol. The molecular weight excluding hydrogens is 194 g/mol. The Bertz CT molecular complexity index is 505. The van der Waals surface area contributed by atoms with Crippen molar-refractivity contribution in [1.82, 2.24) is 25.2 Å². The van der Waals surface area contributed by atoms with Crippen LogP contribution in [-0.2, 0) is 7.05 Å². The molecule has 0 unspecified atom stereocenters. The van der Waals surface area contributed by atoms with Crippen molar-refractivity contribution in [2.24, 2.45) is 7.05 Å². The Balaban J connectivity index is 2.46. The Morgan fingerprint density at radius 1 is 1.47 bits per heavy atom. The number of hydrogen-bond donors (Lipinski definition) is 0. The summed E-state index contributed by atoms with van der Waals surface area (Å²) in [5.41, 5.74) is 1.20. The van der Waals surface area contributed by atoms with Gasteiger partial charge < -0.3 is 0 Å². The zero-order valence-corrected chi connectivity index (χ0v) is 8.38. The van der Waals surface area contributed by atoms with Crippen molar-refractivity contribution in [1.29, 1.82) is 0 Å². The van der Waals surface area contributed by atoms with Crippen molar-refractivity contribution < 1.29 is 4.79 Å². The molecule has 0 fully saturated rings. The quantitative estimate of drug-likeness (QED) is 0.649. The second kappa shape index (κ2) is 3.56. The van der Waals surface area contributed by atoms with Crippen LogP contribution in [0.25, 0.3) is 0 Å². The third-order valence-corrected chi connectivity index (χ3v) is 2.05. The third-order valence-electron chi connectivity index (χ3n) is 2.05. The molecule has 6 nitrogen and oxygen atoms in total. The Labute approximate surface area is 85.9 Å². The molecule has 15 heavy (non-hydrogen) atoms. The van der Waals surface area contributed by atoms with Gasteiger partial charge in [0.2, 0.25) is 11.6 Å². The molecule has 0 saturated heterocycles. The predicted octanol–water partition coefficient (Wildman–Crippen LogP) is 0.145. The molecule has 0 radical (unpaired) electrons. The topological polar surface area (TPSA) is 73.6 Å². The van der Waals surface area contributed by atoms with Gasteiger partial charge >= 0.3 is 0 Å². The van der Waals surface area contributed by atoms with Gasteiger partial charge in [-0.25, -0.2) is 4.68 Å². The van der Waals surface area contributed by atoms with Gasteiger partial charge in [-0.2, -0.15) is 0 Å². The first-order chi connectivity index (χ1) is 7.20. The van der Waals surface area contributed by atoms with E-state index in [0.717, 1.165) is 5.56 Å². The van der Waals surface area contributed by atoms with E-state index in [0.29, 0.717) is 5.69 Å². The molecule has 0 aliphatic rings. The minimum atomic E-state index is -0.263. The maximum Gasteiger partial charge on any atom is 0.250 e. The van der Waals surface area contributed by atoms with Crippen LogP contribution in [0.2, 0.25) is 0 Å². The fourth-order valence-corrected chi connectivity index (χ4v) is 1.25. The Morgan fingerprint density at radius 3 is 2.87 bits per heavy atom. The Kier molecular flexibility index (Phi) is 2.24. The second-order valence-electron chi connectivity index (χ2n) is 3.12. The highest BCUT2D eigenvalue weighted by molar-refractivity contribution is 6.05. The van der Waals surface area contributed by atoms with Crippen LogP contribution in [0.4, 0.5) is 0 Å². The fraction of sp³-hybridized carbons (Fsp3) is 0.222. The van der Waals surface area contributed by atoms with Gasteiger partial charge in [0.05, 0.1) is 0 Å². The summed E-state index contributed by atoms with van der Waals surface area (Å²) in [4.78, 5) is 15.9. The zero-order chi connectivity index (χ0) is 10.8. The van der Waals surface area contributed by atoms with Crippen molar-refractivity contribution in [3.63, 3.8) is 0 Å². The molecule has 76 valence electrons. The molecule has 0 saturated carbocycles. The zero-order valence-electron chi connectivity index (χ0n) is 8.38. The number of carbonyl (C=O) groups is 1. The maximum atomic E-state index is 11.9. The summed E-state index contributed by atoms with van der Waals surface area (Å²) >= 11 is 0. The van der Waals surface area contributed by atoms with E-state index >= 15 is 0 Å². The molecule has 0 aromatic carbocycles. The minimum Gasteiger partial charge on any atom is -0.283 e. The Morgan fingerprint density at radius 2 is 2.27 bits per heavy atom. The maximum absolute atomic E-state index is 11.9. The largest absolute Gasteiger partial charge is 0.283 e. The normalized spacial score (nSPS) is 10.3. The molecule has 2 heterocycles. The van der Waals surface area contributed by atoms with E-state index in [4.69, 9.17) is 0 Å². The molecule has 0 bridgehead atoms. The molecule has 2 aromatic rings. The number of aromatic nitrogens is 5. The number of rotatable bonds is 2. The molecule has 0 aliphatic heterocycles. The number of ketones is 1. The van der Waals surface area contributed by atoms with Crippen molar-refractivity contribution >= 4 is 5.78 Å². The fourth-order valence-electron chi connectivity index (χ4n) is 1.25. The predicted molar refractivity (Wildman–Crippen MR) is 51.2 cm³/mol. The molecule has 0 spiro atoms. The lowest BCUT2D eigenvalue weighted by molar-refractivity contribution is 0.102. The van der Waals surface area contributed by atoms with Gasteiger partial charge in [-0.3, -0.25) is 9.78 Å². The van der Waals surface area contributed by atoms with E-state index in [9.17, 15) is 4.79 Å². The van der Waals surface area contributed by atoms with Crippen LogP contribution < -0.4 is 0 Å². The standard InChI is InChI=1S/C9H9N5O/c1-6-4-3-5-10-7(6)8(15)9-11-12-13-14(9)2/h3-5H,1-2H3. The molecule has 6 heteroatoms. The highest BCUT2D eigenvalue weighted by atomic mass is 16.1. The second-order valence-corrected chi connectivity index (χ2v) is 3.12. The van der Waals surface area contributed by atoms with Crippen molar-refractivity contribution in [2.45, 2.75) is 6.92 Å². The summed E-state index contributed by atoms with van der Waals surface area (Å²) in [6.07, 6.45) is 1.57. The molecule has 0 aliphatic carbocycles. The lowest BCUT2D eigenvalue weighted by Crippen LogP contribution is -2.12. The number of hydrogen-bond acceptors (Lipinski definition) is 5. The van der Waals surface area contributed by atoms with Crippen LogP contribution in [0, 0.1) is 6.92 Å². The lowest BCUT2D eigenvalue weighted by atomic mass is 10.1. The summed E-state index contributed by atoms with van der Waals surface area (Å²) in [7, 11) is 1.62. The van der Waals surface area contributed by atoms with Gasteiger partial charge in [0.15, 0.2) is 0 Å². The van der Waals surface area contributed by atoms with Gasteiger partial charge in [-0.1, -0.05) is 6.07 Å². The van der Waals surface area contributed by atoms with E-state index in [1.807, 2.05) is 13.0 Å².